The van der Waals surface area contributed by atoms with Crippen molar-refractivity contribution in [3.8, 4) is 5.75 Å². The molecule has 1 fully saturated rings. The van der Waals surface area contributed by atoms with Gasteiger partial charge in [-0.15, -0.1) is 0 Å². The minimum atomic E-state index is -3.66. The zero-order valence-corrected chi connectivity index (χ0v) is 17.2. The van der Waals surface area contributed by atoms with Crippen LogP contribution in [0.1, 0.15) is 24.0 Å². The Morgan fingerprint density at radius 3 is 2.64 bits per heavy atom. The summed E-state index contributed by atoms with van der Waals surface area (Å²) >= 11 is 6.21. The SMILES string of the molecule is COc1ccc(Cl)cc1C1(CNS(=O)(=O)Cc2cccc(F)c2)CCOCC1. The van der Waals surface area contributed by atoms with Crippen LogP contribution in [0.2, 0.25) is 5.02 Å². The van der Waals surface area contributed by atoms with Gasteiger partial charge in [0.15, 0.2) is 0 Å². The molecule has 0 aliphatic carbocycles. The lowest BCUT2D eigenvalue weighted by molar-refractivity contribution is 0.0509. The lowest BCUT2D eigenvalue weighted by atomic mass is 9.74. The summed E-state index contributed by atoms with van der Waals surface area (Å²) < 4.78 is 52.3. The predicted octanol–water partition coefficient (Wildman–Crippen LogP) is 3.66. The Morgan fingerprint density at radius 1 is 1.21 bits per heavy atom. The van der Waals surface area contributed by atoms with E-state index in [0.717, 1.165) is 5.56 Å². The molecular formula is C20H23ClFNO4S. The minimum Gasteiger partial charge on any atom is -0.496 e. The van der Waals surface area contributed by atoms with E-state index < -0.39 is 21.3 Å². The van der Waals surface area contributed by atoms with Gasteiger partial charge in [0.1, 0.15) is 11.6 Å². The first-order valence-electron chi connectivity index (χ1n) is 8.97. The lowest BCUT2D eigenvalue weighted by Crippen LogP contribution is -2.45. The molecule has 2 aromatic rings. The fourth-order valence-electron chi connectivity index (χ4n) is 3.54. The monoisotopic (exact) mass is 427 g/mol. The number of methoxy groups -OCH3 is 1. The van der Waals surface area contributed by atoms with Gasteiger partial charge in [-0.25, -0.2) is 17.5 Å². The zero-order chi connectivity index (χ0) is 20.2. The summed E-state index contributed by atoms with van der Waals surface area (Å²) in [5.74, 6) is -0.0859. The Labute approximate surface area is 169 Å². The molecule has 0 unspecified atom stereocenters. The molecule has 1 saturated heterocycles. The van der Waals surface area contributed by atoms with Crippen molar-refractivity contribution in [3.05, 3.63) is 64.4 Å². The predicted molar refractivity (Wildman–Crippen MR) is 107 cm³/mol. The summed E-state index contributed by atoms with van der Waals surface area (Å²) in [6.45, 7) is 1.22. The van der Waals surface area contributed by atoms with Gasteiger partial charge in [-0.05, 0) is 48.7 Å². The average molecular weight is 428 g/mol. The normalized spacial score (nSPS) is 16.7. The second kappa shape index (κ2) is 8.78. The van der Waals surface area contributed by atoms with Crippen molar-refractivity contribution in [2.24, 2.45) is 0 Å². The lowest BCUT2D eigenvalue weighted by Gasteiger charge is -2.38. The largest absolute Gasteiger partial charge is 0.496 e. The highest BCUT2D eigenvalue weighted by Gasteiger charge is 2.38. The van der Waals surface area contributed by atoms with Gasteiger partial charge in [0.05, 0.1) is 12.9 Å². The highest BCUT2D eigenvalue weighted by atomic mass is 35.5. The summed E-state index contributed by atoms with van der Waals surface area (Å²) in [6.07, 6.45) is 1.26. The molecule has 1 heterocycles. The molecule has 0 amide bonds. The van der Waals surface area contributed by atoms with E-state index >= 15 is 0 Å². The van der Waals surface area contributed by atoms with Gasteiger partial charge in [0.25, 0.3) is 0 Å². The molecule has 5 nitrogen and oxygen atoms in total. The number of sulfonamides is 1. The molecule has 0 bridgehead atoms. The molecule has 0 saturated carbocycles. The van der Waals surface area contributed by atoms with E-state index in [-0.39, 0.29) is 12.3 Å². The van der Waals surface area contributed by atoms with E-state index in [1.807, 2.05) is 6.07 Å². The molecule has 1 aliphatic rings. The first kappa shape index (κ1) is 21.0. The molecule has 28 heavy (non-hydrogen) atoms. The molecule has 0 radical (unpaired) electrons. The van der Waals surface area contributed by atoms with Crippen LogP contribution in [0.25, 0.3) is 0 Å². The number of nitrogens with one attached hydrogen (secondary N) is 1. The molecule has 1 aliphatic heterocycles. The third kappa shape index (κ3) is 5.03. The highest BCUT2D eigenvalue weighted by Crippen LogP contribution is 2.40. The van der Waals surface area contributed by atoms with E-state index in [9.17, 15) is 12.8 Å². The summed E-state index contributed by atoms with van der Waals surface area (Å²) in [6, 6.07) is 11.0. The minimum absolute atomic E-state index is 0.185. The van der Waals surface area contributed by atoms with Gasteiger partial charge in [-0.2, -0.15) is 0 Å². The van der Waals surface area contributed by atoms with E-state index in [2.05, 4.69) is 4.72 Å². The van der Waals surface area contributed by atoms with E-state index in [0.29, 0.717) is 42.4 Å². The van der Waals surface area contributed by atoms with Crippen molar-refractivity contribution in [2.45, 2.75) is 24.0 Å². The van der Waals surface area contributed by atoms with Gasteiger partial charge in [-0.3, -0.25) is 0 Å². The number of hydrogen-bond donors (Lipinski definition) is 1. The van der Waals surface area contributed by atoms with Crippen molar-refractivity contribution in [2.75, 3.05) is 26.9 Å². The fourth-order valence-corrected chi connectivity index (χ4v) is 4.93. The molecular weight excluding hydrogens is 405 g/mol. The van der Waals surface area contributed by atoms with Crippen molar-refractivity contribution >= 4 is 21.6 Å². The number of hydrogen-bond acceptors (Lipinski definition) is 4. The second-order valence-electron chi connectivity index (χ2n) is 6.95. The Bertz CT molecular complexity index is 930. The first-order chi connectivity index (χ1) is 13.3. The van der Waals surface area contributed by atoms with Gasteiger partial charge in [-0.1, -0.05) is 23.7 Å². The van der Waals surface area contributed by atoms with Gasteiger partial charge in [0, 0.05) is 35.8 Å². The second-order valence-corrected chi connectivity index (χ2v) is 9.19. The maximum atomic E-state index is 13.4. The summed E-state index contributed by atoms with van der Waals surface area (Å²) in [5.41, 5.74) is 0.761. The Kier molecular flexibility index (Phi) is 6.60. The number of rotatable bonds is 7. The molecule has 0 aromatic heterocycles. The molecule has 0 spiro atoms. The number of halogens is 2. The molecule has 0 atom stereocenters. The molecule has 152 valence electrons. The third-order valence-electron chi connectivity index (χ3n) is 5.06. The van der Waals surface area contributed by atoms with E-state index in [4.69, 9.17) is 21.1 Å². The molecule has 2 aromatic carbocycles. The summed E-state index contributed by atoms with van der Waals surface area (Å²) in [7, 11) is -2.08. The topological polar surface area (TPSA) is 64.6 Å². The van der Waals surface area contributed by atoms with Crippen molar-refractivity contribution in [3.63, 3.8) is 0 Å². The van der Waals surface area contributed by atoms with Crippen LogP contribution in [0.3, 0.4) is 0 Å². The van der Waals surface area contributed by atoms with Gasteiger partial charge >= 0.3 is 0 Å². The van der Waals surface area contributed by atoms with Crippen LogP contribution >= 0.6 is 11.6 Å². The number of ether oxygens (including phenoxy) is 2. The van der Waals surface area contributed by atoms with Crippen LogP contribution < -0.4 is 9.46 Å². The fraction of sp³-hybridized carbons (Fsp3) is 0.400. The number of benzene rings is 2. The third-order valence-corrected chi connectivity index (χ3v) is 6.59. The molecule has 3 rings (SSSR count). The van der Waals surface area contributed by atoms with Gasteiger partial charge < -0.3 is 9.47 Å². The molecule has 8 heteroatoms. The Hall–Kier alpha value is -1.67. The summed E-state index contributed by atoms with van der Waals surface area (Å²) in [5, 5.41) is 0.560. The van der Waals surface area contributed by atoms with Crippen LogP contribution in [0.5, 0.6) is 5.75 Å². The Balaban J connectivity index is 1.84. The highest BCUT2D eigenvalue weighted by molar-refractivity contribution is 7.88. The smallest absolute Gasteiger partial charge is 0.215 e. The van der Waals surface area contributed by atoms with Crippen LogP contribution in [0.4, 0.5) is 4.39 Å². The van der Waals surface area contributed by atoms with Crippen molar-refractivity contribution < 1.29 is 22.3 Å². The van der Waals surface area contributed by atoms with E-state index in [1.165, 1.54) is 18.2 Å². The standard InChI is InChI=1S/C20H23ClFNO4S/c1-26-19-6-5-16(21)12-18(19)20(7-9-27-10-8-20)14-23-28(24,25)13-15-3-2-4-17(22)11-15/h2-6,11-12,23H,7-10,13-14H2,1H3. The summed E-state index contributed by atoms with van der Waals surface area (Å²) in [4.78, 5) is 0. The molecule has 1 N–H and O–H groups in total. The first-order valence-corrected chi connectivity index (χ1v) is 11.0. The van der Waals surface area contributed by atoms with Crippen LogP contribution in [0.15, 0.2) is 42.5 Å². The maximum absolute atomic E-state index is 13.4. The average Bonchev–Trinajstić information content (AvgIpc) is 2.67. The maximum Gasteiger partial charge on any atom is 0.215 e. The van der Waals surface area contributed by atoms with Crippen LogP contribution in [-0.4, -0.2) is 35.3 Å². The Morgan fingerprint density at radius 2 is 1.96 bits per heavy atom. The van der Waals surface area contributed by atoms with Gasteiger partial charge in [0.2, 0.25) is 10.0 Å². The van der Waals surface area contributed by atoms with E-state index in [1.54, 1.807) is 25.3 Å². The van der Waals surface area contributed by atoms with Crippen molar-refractivity contribution in [1.82, 2.24) is 4.72 Å². The zero-order valence-electron chi connectivity index (χ0n) is 15.6. The van der Waals surface area contributed by atoms with Crippen LogP contribution in [0, 0.1) is 5.82 Å². The quantitative estimate of drug-likeness (QED) is 0.732. The van der Waals surface area contributed by atoms with Crippen LogP contribution in [-0.2, 0) is 25.9 Å². The van der Waals surface area contributed by atoms with Crippen molar-refractivity contribution in [1.29, 1.82) is 0 Å².